The van der Waals surface area contributed by atoms with Crippen LogP contribution in [0.15, 0.2) is 170 Å². The first-order valence-electron chi connectivity index (χ1n) is 15.5. The largest absolute Gasteiger partial charge is 0.356 e. The molecule has 1 aromatic heterocycles. The van der Waals surface area contributed by atoms with Gasteiger partial charge in [-0.05, 0) is 94.0 Å². The van der Waals surface area contributed by atoms with Crippen LogP contribution < -0.4 is 5.32 Å². The van der Waals surface area contributed by atoms with Crippen LogP contribution in [0.25, 0.3) is 60.9 Å². The van der Waals surface area contributed by atoms with Crippen LogP contribution in [0.1, 0.15) is 10.4 Å². The van der Waals surface area contributed by atoms with Gasteiger partial charge in [0.05, 0.1) is 11.0 Å². The Morgan fingerprint density at radius 3 is 1.33 bits per heavy atom. The smallest absolute Gasteiger partial charge is 0.150 e. The van der Waals surface area contributed by atoms with E-state index in [0.717, 1.165) is 51.1 Å². The fourth-order valence-corrected chi connectivity index (χ4v) is 6.28. The Balaban J connectivity index is 1.14. The van der Waals surface area contributed by atoms with Crippen LogP contribution in [0.3, 0.4) is 0 Å². The number of nitrogens with zero attached hydrogens (tertiary/aromatic N) is 1. The summed E-state index contributed by atoms with van der Waals surface area (Å²) >= 11 is 0. The van der Waals surface area contributed by atoms with Crippen molar-refractivity contribution in [3.63, 3.8) is 0 Å². The molecular formula is C43H30N2O. The fraction of sp³-hybridized carbons (Fsp3) is 0. The number of para-hydroxylation sites is 1. The molecule has 0 fully saturated rings. The number of anilines is 2. The van der Waals surface area contributed by atoms with Crippen molar-refractivity contribution in [2.75, 3.05) is 5.32 Å². The van der Waals surface area contributed by atoms with E-state index in [2.05, 4.69) is 149 Å². The van der Waals surface area contributed by atoms with E-state index in [4.69, 9.17) is 0 Å². The highest BCUT2D eigenvalue weighted by atomic mass is 16.1. The SMILES string of the molecule is O=Cc1ccc(-c2ccc3c(c2)c2cc(-c4ccc(Nc5ccc(-c6ccccc6)cc5)cc4)ccc2n3-c2ccccc2)cc1. The van der Waals surface area contributed by atoms with Crippen molar-refractivity contribution in [2.24, 2.45) is 0 Å². The van der Waals surface area contributed by atoms with Crippen molar-refractivity contribution in [1.29, 1.82) is 0 Å². The lowest BCUT2D eigenvalue weighted by atomic mass is 9.99. The van der Waals surface area contributed by atoms with Gasteiger partial charge in [0.2, 0.25) is 0 Å². The third-order valence-electron chi connectivity index (χ3n) is 8.66. The summed E-state index contributed by atoms with van der Waals surface area (Å²) in [6.07, 6.45) is 0.883. The van der Waals surface area contributed by atoms with Crippen LogP contribution >= 0.6 is 0 Å². The average Bonchev–Trinajstić information content (AvgIpc) is 3.46. The highest BCUT2D eigenvalue weighted by molar-refractivity contribution is 6.11. The predicted octanol–water partition coefficient (Wildman–Crippen LogP) is 11.3. The maximum absolute atomic E-state index is 11.2. The van der Waals surface area contributed by atoms with Crippen LogP contribution in [0.5, 0.6) is 0 Å². The van der Waals surface area contributed by atoms with Crippen LogP contribution in [0.4, 0.5) is 11.4 Å². The summed E-state index contributed by atoms with van der Waals surface area (Å²) < 4.78 is 2.34. The lowest BCUT2D eigenvalue weighted by Crippen LogP contribution is -1.93. The summed E-state index contributed by atoms with van der Waals surface area (Å²) in [6.45, 7) is 0. The van der Waals surface area contributed by atoms with Gasteiger partial charge in [0, 0.05) is 33.4 Å². The number of rotatable bonds is 7. The molecule has 3 nitrogen and oxygen atoms in total. The highest BCUT2D eigenvalue weighted by Gasteiger charge is 2.15. The van der Waals surface area contributed by atoms with Gasteiger partial charge in [-0.15, -0.1) is 0 Å². The normalized spacial score (nSPS) is 11.1. The van der Waals surface area contributed by atoms with Gasteiger partial charge in [-0.25, -0.2) is 0 Å². The quantitative estimate of drug-likeness (QED) is 0.187. The molecule has 7 aromatic carbocycles. The van der Waals surface area contributed by atoms with Crippen molar-refractivity contribution >= 4 is 39.5 Å². The Hall–Kier alpha value is -6.19. The molecule has 0 radical (unpaired) electrons. The molecule has 1 heterocycles. The maximum atomic E-state index is 11.2. The molecule has 0 aliphatic rings. The molecule has 8 rings (SSSR count). The van der Waals surface area contributed by atoms with Gasteiger partial charge in [0.15, 0.2) is 0 Å². The number of benzene rings is 7. The highest BCUT2D eigenvalue weighted by Crippen LogP contribution is 2.37. The zero-order valence-corrected chi connectivity index (χ0v) is 25.1. The Morgan fingerprint density at radius 1 is 0.413 bits per heavy atom. The zero-order valence-electron chi connectivity index (χ0n) is 25.1. The summed E-state index contributed by atoms with van der Waals surface area (Å²) in [5.74, 6) is 0. The second kappa shape index (κ2) is 11.7. The van der Waals surface area contributed by atoms with E-state index in [9.17, 15) is 4.79 Å². The van der Waals surface area contributed by atoms with E-state index in [-0.39, 0.29) is 0 Å². The number of nitrogens with one attached hydrogen (secondary N) is 1. The fourth-order valence-electron chi connectivity index (χ4n) is 6.28. The molecule has 0 unspecified atom stereocenters. The third kappa shape index (κ3) is 5.14. The molecular weight excluding hydrogens is 560 g/mol. The molecule has 0 bridgehead atoms. The summed E-state index contributed by atoms with van der Waals surface area (Å²) in [6, 6.07) is 59.3. The topological polar surface area (TPSA) is 34.0 Å². The summed E-state index contributed by atoms with van der Waals surface area (Å²) in [4.78, 5) is 11.2. The van der Waals surface area contributed by atoms with Crippen LogP contribution in [-0.4, -0.2) is 10.9 Å². The summed E-state index contributed by atoms with van der Waals surface area (Å²) in [5, 5.41) is 5.93. The minimum absolute atomic E-state index is 0.678. The van der Waals surface area contributed by atoms with E-state index in [0.29, 0.717) is 5.56 Å². The molecule has 0 amide bonds. The van der Waals surface area contributed by atoms with Crippen molar-refractivity contribution in [3.8, 4) is 39.1 Å². The number of carbonyl (C=O) groups is 1. The lowest BCUT2D eigenvalue weighted by molar-refractivity contribution is 0.112. The first-order valence-corrected chi connectivity index (χ1v) is 15.5. The van der Waals surface area contributed by atoms with E-state index in [1.54, 1.807) is 0 Å². The van der Waals surface area contributed by atoms with Gasteiger partial charge >= 0.3 is 0 Å². The molecule has 0 aliphatic heterocycles. The predicted molar refractivity (Wildman–Crippen MR) is 192 cm³/mol. The van der Waals surface area contributed by atoms with Crippen molar-refractivity contribution in [2.45, 2.75) is 0 Å². The molecule has 0 saturated carbocycles. The number of aromatic nitrogens is 1. The molecule has 0 atom stereocenters. The summed E-state index contributed by atoms with van der Waals surface area (Å²) in [5.41, 5.74) is 13.2. The van der Waals surface area contributed by atoms with Crippen LogP contribution in [0, 0.1) is 0 Å². The Kier molecular flexibility index (Phi) is 6.97. The number of hydrogen-bond acceptors (Lipinski definition) is 2. The number of carbonyl (C=O) groups excluding carboxylic acids is 1. The first-order chi connectivity index (χ1) is 22.7. The van der Waals surface area contributed by atoms with Gasteiger partial charge in [-0.1, -0.05) is 109 Å². The van der Waals surface area contributed by atoms with Crippen LogP contribution in [-0.2, 0) is 0 Å². The molecule has 8 aromatic rings. The van der Waals surface area contributed by atoms with Crippen molar-refractivity contribution in [3.05, 3.63) is 175 Å². The standard InChI is InChI=1S/C43H30N2O/c46-29-30-11-13-33(14-12-30)35-19-25-42-40(27-35)41-28-36(20-26-43(41)45(42)39-9-5-2-6-10-39)34-17-23-38(24-18-34)44-37-21-15-32(16-22-37)31-7-3-1-4-8-31/h1-29,44H. The number of aldehydes is 1. The molecule has 46 heavy (non-hydrogen) atoms. The minimum atomic E-state index is 0.678. The average molecular weight is 591 g/mol. The van der Waals surface area contributed by atoms with Gasteiger partial charge in [0.1, 0.15) is 6.29 Å². The zero-order chi connectivity index (χ0) is 30.9. The second-order valence-electron chi connectivity index (χ2n) is 11.5. The van der Waals surface area contributed by atoms with Crippen molar-refractivity contribution < 1.29 is 4.79 Å². The van der Waals surface area contributed by atoms with Crippen LogP contribution in [0.2, 0.25) is 0 Å². The first kappa shape index (κ1) is 27.4. The molecule has 0 spiro atoms. The Bertz CT molecular complexity index is 2300. The second-order valence-corrected chi connectivity index (χ2v) is 11.5. The van der Waals surface area contributed by atoms with E-state index >= 15 is 0 Å². The van der Waals surface area contributed by atoms with Gasteiger partial charge in [-0.2, -0.15) is 0 Å². The van der Waals surface area contributed by atoms with E-state index < -0.39 is 0 Å². The molecule has 0 saturated heterocycles. The van der Waals surface area contributed by atoms with E-state index in [1.165, 1.54) is 27.5 Å². The summed E-state index contributed by atoms with van der Waals surface area (Å²) in [7, 11) is 0. The monoisotopic (exact) mass is 590 g/mol. The maximum Gasteiger partial charge on any atom is 0.150 e. The Morgan fingerprint density at radius 2 is 0.826 bits per heavy atom. The van der Waals surface area contributed by atoms with Gasteiger partial charge in [-0.3, -0.25) is 4.79 Å². The number of hydrogen-bond donors (Lipinski definition) is 1. The van der Waals surface area contributed by atoms with Gasteiger partial charge in [0.25, 0.3) is 0 Å². The molecule has 218 valence electrons. The molecule has 0 aliphatic carbocycles. The molecule has 3 heteroatoms. The Labute approximate surface area is 268 Å². The minimum Gasteiger partial charge on any atom is -0.356 e. The number of fused-ring (bicyclic) bond motifs is 3. The van der Waals surface area contributed by atoms with Gasteiger partial charge < -0.3 is 9.88 Å². The lowest BCUT2D eigenvalue weighted by Gasteiger charge is -2.10. The molecule has 1 N–H and O–H groups in total. The van der Waals surface area contributed by atoms with E-state index in [1.807, 2.05) is 30.3 Å². The van der Waals surface area contributed by atoms with Crippen molar-refractivity contribution in [1.82, 2.24) is 4.57 Å². The third-order valence-corrected chi connectivity index (χ3v) is 8.66.